The second-order valence-electron chi connectivity index (χ2n) is 1.56. The van der Waals surface area contributed by atoms with E-state index in [0.717, 1.165) is 6.42 Å². The van der Waals surface area contributed by atoms with Crippen molar-refractivity contribution < 1.29 is 9.46 Å². The van der Waals surface area contributed by atoms with Crippen molar-refractivity contribution in [3.05, 3.63) is 0 Å². The Kier molecular flexibility index (Phi) is 10.6. The van der Waals surface area contributed by atoms with Crippen LogP contribution in [0.4, 0.5) is 0 Å². The van der Waals surface area contributed by atoms with E-state index in [1.54, 1.807) is 6.92 Å². The molecule has 0 heterocycles. The molecule has 2 unspecified atom stereocenters. The number of rotatable bonds is 2. The van der Waals surface area contributed by atoms with Gasteiger partial charge in [-0.2, -0.15) is 4.89 Å². The van der Waals surface area contributed by atoms with Crippen LogP contribution in [-0.4, -0.2) is 10.6 Å². The summed E-state index contributed by atoms with van der Waals surface area (Å²) in [4.78, 5) is 8.33. The SMILES string of the molecule is CC.CCC(C)[P+](=O)O. The Morgan fingerprint density at radius 2 is 1.89 bits per heavy atom. The molecule has 0 aromatic rings. The lowest BCUT2D eigenvalue weighted by Gasteiger charge is -1.83. The molecule has 0 radical (unpaired) electrons. The molecule has 0 saturated carbocycles. The van der Waals surface area contributed by atoms with Crippen LogP contribution in [-0.2, 0) is 4.57 Å². The standard InChI is InChI=1S/C4H9O2P.C2H6/c1-3-4(2)7(5)6;1-2/h4H,3H2,1-2H3;1-2H3/p+1. The maximum Gasteiger partial charge on any atom is 0.508 e. The molecule has 0 aliphatic heterocycles. The van der Waals surface area contributed by atoms with Gasteiger partial charge in [0, 0.05) is 0 Å². The zero-order chi connectivity index (χ0) is 7.86. The molecular weight excluding hydrogens is 135 g/mol. The highest BCUT2D eigenvalue weighted by molar-refractivity contribution is 7.38. The summed E-state index contributed by atoms with van der Waals surface area (Å²) in [6.45, 7) is 7.66. The monoisotopic (exact) mass is 151 g/mol. The van der Waals surface area contributed by atoms with Crippen molar-refractivity contribution in [2.45, 2.75) is 39.8 Å². The van der Waals surface area contributed by atoms with Crippen molar-refractivity contribution in [1.82, 2.24) is 0 Å². The highest BCUT2D eigenvalue weighted by Crippen LogP contribution is 2.23. The minimum absolute atomic E-state index is 0.0324. The molecule has 0 bridgehead atoms. The lowest BCUT2D eigenvalue weighted by Crippen LogP contribution is -1.89. The first kappa shape index (κ1) is 11.8. The van der Waals surface area contributed by atoms with Crippen molar-refractivity contribution in [2.24, 2.45) is 0 Å². The van der Waals surface area contributed by atoms with E-state index in [4.69, 9.17) is 4.89 Å². The quantitative estimate of drug-likeness (QED) is 0.616. The largest absolute Gasteiger partial charge is 0.508 e. The fourth-order valence-electron chi connectivity index (χ4n) is 0.156. The molecule has 0 aliphatic rings. The summed E-state index contributed by atoms with van der Waals surface area (Å²) >= 11 is 0. The van der Waals surface area contributed by atoms with E-state index in [0.29, 0.717) is 0 Å². The second-order valence-corrected chi connectivity index (χ2v) is 3.05. The van der Waals surface area contributed by atoms with Gasteiger partial charge in [0.05, 0.1) is 0 Å². The summed E-state index contributed by atoms with van der Waals surface area (Å²) < 4.78 is 10.1. The molecule has 9 heavy (non-hydrogen) atoms. The van der Waals surface area contributed by atoms with Crippen molar-refractivity contribution in [3.63, 3.8) is 0 Å². The Morgan fingerprint density at radius 3 is 1.89 bits per heavy atom. The van der Waals surface area contributed by atoms with Gasteiger partial charge in [0.25, 0.3) is 0 Å². The lowest BCUT2D eigenvalue weighted by molar-refractivity contribution is 0.490. The van der Waals surface area contributed by atoms with Gasteiger partial charge in [-0.15, -0.1) is 0 Å². The van der Waals surface area contributed by atoms with Crippen LogP contribution in [0.25, 0.3) is 0 Å². The van der Waals surface area contributed by atoms with Gasteiger partial charge >= 0.3 is 8.03 Å². The fraction of sp³-hybridized carbons (Fsp3) is 1.00. The highest BCUT2D eigenvalue weighted by Gasteiger charge is 2.19. The van der Waals surface area contributed by atoms with Gasteiger partial charge in [0.1, 0.15) is 0 Å². The van der Waals surface area contributed by atoms with Crippen LogP contribution in [0.2, 0.25) is 0 Å². The minimum atomic E-state index is -1.91. The first-order valence-corrected chi connectivity index (χ1v) is 4.62. The Labute approximate surface area is 58.2 Å². The molecular formula is C6H16O2P+. The first-order valence-electron chi connectivity index (χ1n) is 3.33. The van der Waals surface area contributed by atoms with Crippen molar-refractivity contribution in [2.75, 3.05) is 0 Å². The predicted octanol–water partition coefficient (Wildman–Crippen LogP) is 2.55. The van der Waals surface area contributed by atoms with Crippen molar-refractivity contribution >= 4 is 8.03 Å². The summed E-state index contributed by atoms with van der Waals surface area (Å²) in [5, 5.41) is 0. The van der Waals surface area contributed by atoms with Gasteiger partial charge in [-0.1, -0.05) is 20.8 Å². The molecule has 0 spiro atoms. The van der Waals surface area contributed by atoms with Crippen LogP contribution < -0.4 is 0 Å². The van der Waals surface area contributed by atoms with Gasteiger partial charge in [-0.3, -0.25) is 0 Å². The van der Waals surface area contributed by atoms with E-state index in [9.17, 15) is 4.57 Å². The van der Waals surface area contributed by atoms with E-state index in [1.165, 1.54) is 0 Å². The average molecular weight is 151 g/mol. The Morgan fingerprint density at radius 1 is 1.56 bits per heavy atom. The Hall–Kier alpha value is 0.0600. The summed E-state index contributed by atoms with van der Waals surface area (Å²) in [5.41, 5.74) is -0.0324. The van der Waals surface area contributed by atoms with Crippen molar-refractivity contribution in [1.29, 1.82) is 0 Å². The maximum atomic E-state index is 10.1. The molecule has 0 aliphatic carbocycles. The fourth-order valence-corrected chi connectivity index (χ4v) is 0.469. The smallest absolute Gasteiger partial charge is 0.161 e. The van der Waals surface area contributed by atoms with Crippen LogP contribution in [0.15, 0.2) is 0 Å². The van der Waals surface area contributed by atoms with E-state index < -0.39 is 8.03 Å². The molecule has 0 fully saturated rings. The average Bonchev–Trinajstić information content (AvgIpc) is 1.91. The van der Waals surface area contributed by atoms with Crippen LogP contribution >= 0.6 is 8.03 Å². The zero-order valence-electron chi connectivity index (χ0n) is 6.59. The predicted molar refractivity (Wildman–Crippen MR) is 40.9 cm³/mol. The molecule has 0 saturated heterocycles. The number of hydrogen-bond donors (Lipinski definition) is 1. The molecule has 2 nitrogen and oxygen atoms in total. The van der Waals surface area contributed by atoms with E-state index in [2.05, 4.69) is 0 Å². The number of hydrogen-bond acceptors (Lipinski definition) is 1. The van der Waals surface area contributed by atoms with Gasteiger partial charge in [0.2, 0.25) is 0 Å². The third kappa shape index (κ3) is 8.06. The third-order valence-corrected chi connectivity index (χ3v) is 2.09. The maximum absolute atomic E-state index is 10.1. The summed E-state index contributed by atoms with van der Waals surface area (Å²) in [7, 11) is -1.91. The van der Waals surface area contributed by atoms with Gasteiger partial charge in [-0.25, -0.2) is 0 Å². The van der Waals surface area contributed by atoms with E-state index >= 15 is 0 Å². The molecule has 2 atom stereocenters. The molecule has 0 aromatic heterocycles. The molecule has 0 aromatic carbocycles. The van der Waals surface area contributed by atoms with Crippen LogP contribution in [0.3, 0.4) is 0 Å². The van der Waals surface area contributed by atoms with E-state index in [1.807, 2.05) is 20.8 Å². The first-order chi connectivity index (χ1) is 4.18. The normalized spacial score (nSPS) is 13.2. The molecule has 1 N–H and O–H groups in total. The Balaban J connectivity index is 0. The summed E-state index contributed by atoms with van der Waals surface area (Å²) in [6, 6.07) is 0. The topological polar surface area (TPSA) is 37.3 Å². The zero-order valence-corrected chi connectivity index (χ0v) is 7.48. The highest BCUT2D eigenvalue weighted by atomic mass is 31.1. The molecule has 56 valence electrons. The van der Waals surface area contributed by atoms with E-state index in [-0.39, 0.29) is 5.66 Å². The summed E-state index contributed by atoms with van der Waals surface area (Å²) in [5.74, 6) is 0. The van der Waals surface area contributed by atoms with Crippen LogP contribution in [0.5, 0.6) is 0 Å². The van der Waals surface area contributed by atoms with Gasteiger partial charge in [0.15, 0.2) is 5.66 Å². The van der Waals surface area contributed by atoms with Gasteiger partial charge < -0.3 is 0 Å². The third-order valence-electron chi connectivity index (χ3n) is 0.968. The lowest BCUT2D eigenvalue weighted by atomic mass is 10.4. The van der Waals surface area contributed by atoms with Crippen LogP contribution in [0, 0.1) is 0 Å². The molecule has 0 rings (SSSR count). The molecule has 0 amide bonds. The summed E-state index contributed by atoms with van der Waals surface area (Å²) in [6.07, 6.45) is 0.783. The van der Waals surface area contributed by atoms with Crippen LogP contribution in [0.1, 0.15) is 34.1 Å². The van der Waals surface area contributed by atoms with Crippen molar-refractivity contribution in [3.8, 4) is 0 Å². The van der Waals surface area contributed by atoms with Gasteiger partial charge in [-0.05, 0) is 17.9 Å². The molecule has 3 heteroatoms. The Bertz CT molecular complexity index is 73.5. The second kappa shape index (κ2) is 8.06. The minimum Gasteiger partial charge on any atom is -0.161 e.